The van der Waals surface area contributed by atoms with E-state index in [1.807, 2.05) is 30.3 Å². The third-order valence-electron chi connectivity index (χ3n) is 3.74. The minimum absolute atomic E-state index is 0.259. The van der Waals surface area contributed by atoms with Gasteiger partial charge in [-0.25, -0.2) is 14.6 Å². The zero-order valence-electron chi connectivity index (χ0n) is 13.1. The van der Waals surface area contributed by atoms with E-state index < -0.39 is 6.10 Å². The average Bonchev–Trinajstić information content (AvgIpc) is 3.35. The number of oxime groups is 1. The molecule has 3 heterocycles. The molecule has 0 unspecified atom stereocenters. The number of benzene rings is 1. The number of hydrogen-bond donors (Lipinski definition) is 1. The standard InChI is InChI=1S/C17H14N6O2/c24-17(15-8-14(22-25-15)12-4-2-1-3-5-12)21-13-6-7-16(19-9-13)23-11-18-10-20-23/h1-7,9-11,15H,8H2,(H,21,24)/t15-/m1/s1. The Morgan fingerprint density at radius 2 is 2.08 bits per heavy atom. The van der Waals surface area contributed by atoms with Crippen LogP contribution in [0.3, 0.4) is 0 Å². The Bertz CT molecular complexity index is 891. The van der Waals surface area contributed by atoms with E-state index >= 15 is 0 Å². The van der Waals surface area contributed by atoms with Crippen LogP contribution in [0, 0.1) is 0 Å². The van der Waals surface area contributed by atoms with E-state index in [-0.39, 0.29) is 5.91 Å². The Morgan fingerprint density at radius 1 is 1.20 bits per heavy atom. The molecule has 4 rings (SSSR count). The Morgan fingerprint density at radius 3 is 2.80 bits per heavy atom. The van der Waals surface area contributed by atoms with E-state index in [1.165, 1.54) is 11.0 Å². The molecule has 0 saturated heterocycles. The SMILES string of the molecule is O=C(Nc1ccc(-n2cncn2)nc1)[C@H]1CC(c2ccccc2)=NO1. The van der Waals surface area contributed by atoms with Crippen LogP contribution in [0.5, 0.6) is 0 Å². The fraction of sp³-hybridized carbons (Fsp3) is 0.118. The zero-order valence-corrected chi connectivity index (χ0v) is 13.1. The molecule has 0 aliphatic carbocycles. The largest absolute Gasteiger partial charge is 0.382 e. The van der Waals surface area contributed by atoms with E-state index in [4.69, 9.17) is 4.84 Å². The summed E-state index contributed by atoms with van der Waals surface area (Å²) in [7, 11) is 0. The van der Waals surface area contributed by atoms with Gasteiger partial charge in [0.25, 0.3) is 5.91 Å². The first kappa shape index (κ1) is 15.0. The summed E-state index contributed by atoms with van der Waals surface area (Å²) in [6.45, 7) is 0. The first-order chi connectivity index (χ1) is 12.3. The molecule has 0 bridgehead atoms. The summed E-state index contributed by atoms with van der Waals surface area (Å²) in [6.07, 6.45) is 4.32. The van der Waals surface area contributed by atoms with Crippen LogP contribution in [0.2, 0.25) is 0 Å². The van der Waals surface area contributed by atoms with Crippen molar-refractivity contribution < 1.29 is 9.63 Å². The van der Waals surface area contributed by atoms with Crippen molar-refractivity contribution in [3.8, 4) is 5.82 Å². The molecule has 0 radical (unpaired) electrons. The lowest BCUT2D eigenvalue weighted by molar-refractivity contribution is -0.125. The van der Waals surface area contributed by atoms with Crippen molar-refractivity contribution in [3.63, 3.8) is 0 Å². The highest BCUT2D eigenvalue weighted by molar-refractivity contribution is 6.06. The van der Waals surface area contributed by atoms with Crippen LogP contribution in [-0.2, 0) is 9.63 Å². The summed E-state index contributed by atoms with van der Waals surface area (Å²) < 4.78 is 1.53. The van der Waals surface area contributed by atoms with Gasteiger partial charge in [0.15, 0.2) is 5.82 Å². The third kappa shape index (κ3) is 3.23. The second kappa shape index (κ2) is 6.52. The minimum atomic E-state index is -0.648. The summed E-state index contributed by atoms with van der Waals surface area (Å²) in [5, 5.41) is 10.8. The number of pyridine rings is 1. The first-order valence-electron chi connectivity index (χ1n) is 7.69. The van der Waals surface area contributed by atoms with Crippen molar-refractivity contribution in [1.29, 1.82) is 0 Å². The molecular weight excluding hydrogens is 320 g/mol. The summed E-state index contributed by atoms with van der Waals surface area (Å²) >= 11 is 0. The third-order valence-corrected chi connectivity index (χ3v) is 3.74. The van der Waals surface area contributed by atoms with Gasteiger partial charge in [0, 0.05) is 6.42 Å². The van der Waals surface area contributed by atoms with Gasteiger partial charge in [0.1, 0.15) is 12.7 Å². The molecule has 8 heteroatoms. The maximum atomic E-state index is 12.3. The smallest absolute Gasteiger partial charge is 0.268 e. The molecular formula is C17H14N6O2. The van der Waals surface area contributed by atoms with Gasteiger partial charge in [-0.05, 0) is 17.7 Å². The minimum Gasteiger partial charge on any atom is -0.382 e. The molecule has 25 heavy (non-hydrogen) atoms. The van der Waals surface area contributed by atoms with Crippen LogP contribution in [0.25, 0.3) is 5.82 Å². The second-order valence-corrected chi connectivity index (χ2v) is 5.44. The fourth-order valence-corrected chi connectivity index (χ4v) is 2.46. The van der Waals surface area contributed by atoms with Crippen molar-refractivity contribution in [2.75, 3.05) is 5.32 Å². The summed E-state index contributed by atoms with van der Waals surface area (Å²) in [5.41, 5.74) is 2.29. The Kier molecular flexibility index (Phi) is 3.91. The number of nitrogens with one attached hydrogen (secondary N) is 1. The Labute approximate surface area is 143 Å². The molecule has 1 aliphatic rings. The maximum absolute atomic E-state index is 12.3. The molecule has 0 saturated carbocycles. The number of aromatic nitrogens is 4. The highest BCUT2D eigenvalue weighted by atomic mass is 16.6. The van der Waals surface area contributed by atoms with Crippen LogP contribution in [-0.4, -0.2) is 37.5 Å². The number of carbonyl (C=O) groups is 1. The quantitative estimate of drug-likeness (QED) is 0.785. The van der Waals surface area contributed by atoms with Crippen LogP contribution in [0.15, 0.2) is 66.5 Å². The lowest BCUT2D eigenvalue weighted by Gasteiger charge is -2.09. The van der Waals surface area contributed by atoms with Crippen LogP contribution >= 0.6 is 0 Å². The summed E-state index contributed by atoms with van der Waals surface area (Å²) in [5.74, 6) is 0.354. The number of anilines is 1. The van der Waals surface area contributed by atoms with Gasteiger partial charge in [-0.3, -0.25) is 4.79 Å². The molecule has 124 valence electrons. The number of carbonyl (C=O) groups excluding carboxylic acids is 1. The molecule has 1 N–H and O–H groups in total. The van der Waals surface area contributed by atoms with Crippen molar-refractivity contribution in [3.05, 3.63) is 66.9 Å². The van der Waals surface area contributed by atoms with Crippen molar-refractivity contribution >= 4 is 17.3 Å². The van der Waals surface area contributed by atoms with Crippen molar-refractivity contribution in [1.82, 2.24) is 19.7 Å². The number of rotatable bonds is 4. The Balaban J connectivity index is 1.38. The molecule has 1 amide bonds. The molecule has 1 atom stereocenters. The summed E-state index contributed by atoms with van der Waals surface area (Å²) in [4.78, 5) is 25.7. The number of amides is 1. The maximum Gasteiger partial charge on any atom is 0.268 e. The predicted octanol–water partition coefficient (Wildman–Crippen LogP) is 1.79. The van der Waals surface area contributed by atoms with Crippen LogP contribution < -0.4 is 5.32 Å². The van der Waals surface area contributed by atoms with Gasteiger partial charge in [-0.15, -0.1) is 0 Å². The van der Waals surface area contributed by atoms with Gasteiger partial charge in [-0.2, -0.15) is 5.10 Å². The topological polar surface area (TPSA) is 94.3 Å². The van der Waals surface area contributed by atoms with E-state index in [2.05, 4.69) is 25.5 Å². The first-order valence-corrected chi connectivity index (χ1v) is 7.69. The van der Waals surface area contributed by atoms with Gasteiger partial charge in [0.05, 0.1) is 17.6 Å². The van der Waals surface area contributed by atoms with Crippen molar-refractivity contribution in [2.45, 2.75) is 12.5 Å². The highest BCUT2D eigenvalue weighted by Crippen LogP contribution is 2.18. The van der Waals surface area contributed by atoms with Gasteiger partial charge < -0.3 is 10.2 Å². The lowest BCUT2D eigenvalue weighted by Crippen LogP contribution is -2.28. The fourth-order valence-electron chi connectivity index (χ4n) is 2.46. The van der Waals surface area contributed by atoms with E-state index in [0.717, 1.165) is 11.3 Å². The normalized spacial score (nSPS) is 16.2. The molecule has 0 spiro atoms. The van der Waals surface area contributed by atoms with Crippen LogP contribution in [0.4, 0.5) is 5.69 Å². The molecule has 1 aliphatic heterocycles. The van der Waals surface area contributed by atoms with Gasteiger partial charge in [-0.1, -0.05) is 35.5 Å². The lowest BCUT2D eigenvalue weighted by atomic mass is 10.0. The molecule has 1 aromatic carbocycles. The van der Waals surface area contributed by atoms with Crippen molar-refractivity contribution in [2.24, 2.45) is 5.16 Å². The molecule has 8 nitrogen and oxygen atoms in total. The highest BCUT2D eigenvalue weighted by Gasteiger charge is 2.28. The molecule has 3 aromatic rings. The predicted molar refractivity (Wildman–Crippen MR) is 90.3 cm³/mol. The van der Waals surface area contributed by atoms with E-state index in [1.54, 1.807) is 24.7 Å². The monoisotopic (exact) mass is 334 g/mol. The number of hydrogen-bond acceptors (Lipinski definition) is 6. The van der Waals surface area contributed by atoms with Gasteiger partial charge >= 0.3 is 0 Å². The molecule has 0 fully saturated rings. The zero-order chi connectivity index (χ0) is 17.1. The Hall–Kier alpha value is -3.55. The van der Waals surface area contributed by atoms with E-state index in [9.17, 15) is 4.79 Å². The second-order valence-electron chi connectivity index (χ2n) is 5.44. The van der Waals surface area contributed by atoms with Gasteiger partial charge in [0.2, 0.25) is 6.10 Å². The number of nitrogens with zero attached hydrogens (tertiary/aromatic N) is 5. The van der Waals surface area contributed by atoms with E-state index in [0.29, 0.717) is 17.9 Å². The molecule has 2 aromatic heterocycles. The van der Waals surface area contributed by atoms with Crippen LogP contribution in [0.1, 0.15) is 12.0 Å². The summed E-state index contributed by atoms with van der Waals surface area (Å²) in [6, 6.07) is 13.1. The average molecular weight is 334 g/mol.